The van der Waals surface area contributed by atoms with Crippen molar-refractivity contribution in [3.8, 4) is 5.75 Å². The normalized spacial score (nSPS) is 11.4. The van der Waals surface area contributed by atoms with Crippen LogP contribution in [-0.4, -0.2) is 8.42 Å². The molecular formula is C13H9ClF2O3S. The fraction of sp³-hybridized carbons (Fsp3) is 0.0769. The van der Waals surface area contributed by atoms with Gasteiger partial charge in [0, 0.05) is 11.1 Å². The third-order valence-corrected chi connectivity index (χ3v) is 4.13. The Labute approximate surface area is 119 Å². The van der Waals surface area contributed by atoms with Crippen molar-refractivity contribution in [2.45, 2.75) is 11.8 Å². The Balaban J connectivity index is 2.43. The summed E-state index contributed by atoms with van der Waals surface area (Å²) in [6.07, 6.45) is 0. The van der Waals surface area contributed by atoms with E-state index in [9.17, 15) is 17.2 Å². The third kappa shape index (κ3) is 3.08. The van der Waals surface area contributed by atoms with Gasteiger partial charge in [-0.2, -0.15) is 8.42 Å². The van der Waals surface area contributed by atoms with E-state index in [1.165, 1.54) is 18.2 Å². The molecule has 20 heavy (non-hydrogen) atoms. The van der Waals surface area contributed by atoms with Crippen LogP contribution in [0.5, 0.6) is 5.75 Å². The van der Waals surface area contributed by atoms with E-state index >= 15 is 0 Å². The Morgan fingerprint density at radius 1 is 1.10 bits per heavy atom. The molecule has 0 atom stereocenters. The highest BCUT2D eigenvalue weighted by Crippen LogP contribution is 2.26. The minimum atomic E-state index is -4.25. The molecule has 0 saturated heterocycles. The number of halogens is 3. The zero-order chi connectivity index (χ0) is 14.9. The highest BCUT2D eigenvalue weighted by molar-refractivity contribution is 7.87. The molecule has 0 saturated carbocycles. The molecule has 3 nitrogen and oxygen atoms in total. The lowest BCUT2D eigenvalue weighted by molar-refractivity contribution is 0.457. The molecule has 7 heteroatoms. The summed E-state index contributed by atoms with van der Waals surface area (Å²) in [6.45, 7) is 1.55. The minimum Gasteiger partial charge on any atom is -0.376 e. The minimum absolute atomic E-state index is 0.172. The van der Waals surface area contributed by atoms with Gasteiger partial charge in [0.05, 0.1) is 0 Å². The van der Waals surface area contributed by atoms with Gasteiger partial charge in [-0.1, -0.05) is 17.7 Å². The Morgan fingerprint density at radius 2 is 1.80 bits per heavy atom. The van der Waals surface area contributed by atoms with Crippen LogP contribution in [-0.2, 0) is 10.1 Å². The average molecular weight is 319 g/mol. The molecule has 0 spiro atoms. The van der Waals surface area contributed by atoms with Crippen LogP contribution in [0.1, 0.15) is 5.56 Å². The number of hydrogen-bond acceptors (Lipinski definition) is 3. The molecule has 2 rings (SSSR count). The Hall–Kier alpha value is -1.66. The first-order chi connectivity index (χ1) is 9.29. The van der Waals surface area contributed by atoms with Gasteiger partial charge in [0.25, 0.3) is 0 Å². The predicted octanol–water partition coefficient (Wildman–Crippen LogP) is 3.69. The molecule has 0 radical (unpaired) electrons. The molecule has 0 aliphatic rings. The smallest absolute Gasteiger partial charge is 0.339 e. The number of benzene rings is 2. The lowest BCUT2D eigenvalue weighted by atomic mass is 10.2. The van der Waals surface area contributed by atoms with Gasteiger partial charge in [-0.3, -0.25) is 0 Å². The number of rotatable bonds is 3. The topological polar surface area (TPSA) is 43.4 Å². The van der Waals surface area contributed by atoms with Crippen LogP contribution in [0, 0.1) is 18.6 Å². The van der Waals surface area contributed by atoms with E-state index in [4.69, 9.17) is 11.6 Å². The quantitative estimate of drug-likeness (QED) is 0.811. The molecule has 2 aromatic rings. The SMILES string of the molecule is Cc1ccc(Cl)cc1S(=O)(=O)Oc1ccc(F)cc1F. The van der Waals surface area contributed by atoms with Gasteiger partial charge in [-0.25, -0.2) is 8.78 Å². The van der Waals surface area contributed by atoms with E-state index in [1.54, 1.807) is 6.92 Å². The van der Waals surface area contributed by atoms with Gasteiger partial charge in [0.2, 0.25) is 0 Å². The molecule has 106 valence electrons. The molecule has 0 aliphatic carbocycles. The first kappa shape index (κ1) is 14.7. The van der Waals surface area contributed by atoms with E-state index < -0.39 is 27.5 Å². The summed E-state index contributed by atoms with van der Waals surface area (Å²) in [5, 5.41) is 0.206. The maximum Gasteiger partial charge on any atom is 0.339 e. The molecule has 0 aromatic heterocycles. The van der Waals surface area contributed by atoms with Crippen LogP contribution in [0.25, 0.3) is 0 Å². The third-order valence-electron chi connectivity index (χ3n) is 2.51. The summed E-state index contributed by atoms with van der Waals surface area (Å²) >= 11 is 5.73. The van der Waals surface area contributed by atoms with Crippen LogP contribution in [0.2, 0.25) is 5.02 Å². The maximum atomic E-state index is 13.4. The van der Waals surface area contributed by atoms with Crippen LogP contribution >= 0.6 is 11.6 Å². The summed E-state index contributed by atoms with van der Waals surface area (Å²) in [6, 6.07) is 6.57. The Bertz CT molecular complexity index is 760. The highest BCUT2D eigenvalue weighted by Gasteiger charge is 2.21. The largest absolute Gasteiger partial charge is 0.376 e. The van der Waals surface area contributed by atoms with Gasteiger partial charge in [0.15, 0.2) is 11.6 Å². The average Bonchev–Trinajstić information content (AvgIpc) is 2.35. The van der Waals surface area contributed by atoms with Crippen molar-refractivity contribution in [2.24, 2.45) is 0 Å². The molecule has 2 aromatic carbocycles. The fourth-order valence-electron chi connectivity index (χ4n) is 1.55. The zero-order valence-electron chi connectivity index (χ0n) is 10.2. The molecule has 0 aliphatic heterocycles. The lowest BCUT2D eigenvalue weighted by Crippen LogP contribution is -2.12. The zero-order valence-corrected chi connectivity index (χ0v) is 11.8. The molecule has 0 N–H and O–H groups in total. The summed E-state index contributed by atoms with van der Waals surface area (Å²) in [5.74, 6) is -2.51. The van der Waals surface area contributed by atoms with E-state index in [1.807, 2.05) is 0 Å². The standard InChI is InChI=1S/C13H9ClF2O3S/c1-8-2-3-9(14)6-13(8)20(17,18)19-12-5-4-10(15)7-11(12)16/h2-7H,1H3. The maximum absolute atomic E-state index is 13.4. The van der Waals surface area contributed by atoms with Gasteiger partial charge < -0.3 is 4.18 Å². The second-order valence-corrected chi connectivity index (χ2v) is 5.97. The van der Waals surface area contributed by atoms with E-state index in [-0.39, 0.29) is 9.92 Å². The summed E-state index contributed by atoms with van der Waals surface area (Å²) in [4.78, 5) is -0.172. The van der Waals surface area contributed by atoms with E-state index in [2.05, 4.69) is 4.18 Å². The van der Waals surface area contributed by atoms with Crippen LogP contribution in [0.15, 0.2) is 41.3 Å². The molecule has 0 fully saturated rings. The van der Waals surface area contributed by atoms with Crippen molar-refractivity contribution in [3.63, 3.8) is 0 Å². The fourth-order valence-corrected chi connectivity index (χ4v) is 2.98. The molecule has 0 bridgehead atoms. The lowest BCUT2D eigenvalue weighted by Gasteiger charge is -2.10. The predicted molar refractivity (Wildman–Crippen MR) is 70.4 cm³/mol. The molecule has 0 heterocycles. The van der Waals surface area contributed by atoms with Crippen LogP contribution in [0.4, 0.5) is 8.78 Å². The first-order valence-corrected chi connectivity index (χ1v) is 7.24. The van der Waals surface area contributed by atoms with Crippen molar-refractivity contribution in [3.05, 3.63) is 58.6 Å². The van der Waals surface area contributed by atoms with Crippen molar-refractivity contribution in [1.29, 1.82) is 0 Å². The Morgan fingerprint density at radius 3 is 2.45 bits per heavy atom. The van der Waals surface area contributed by atoms with Crippen LogP contribution in [0.3, 0.4) is 0 Å². The highest BCUT2D eigenvalue weighted by atomic mass is 35.5. The summed E-state index contributed by atoms with van der Waals surface area (Å²) in [7, 11) is -4.25. The van der Waals surface area contributed by atoms with Gasteiger partial charge in [-0.05, 0) is 36.8 Å². The summed E-state index contributed by atoms with van der Waals surface area (Å²) in [5.41, 5.74) is 0.400. The van der Waals surface area contributed by atoms with Gasteiger partial charge in [0.1, 0.15) is 10.7 Å². The Kier molecular flexibility index (Phi) is 3.96. The van der Waals surface area contributed by atoms with Crippen LogP contribution < -0.4 is 4.18 Å². The molecular weight excluding hydrogens is 310 g/mol. The van der Waals surface area contributed by atoms with Gasteiger partial charge >= 0.3 is 10.1 Å². The second-order valence-electron chi connectivity index (χ2n) is 4.02. The van der Waals surface area contributed by atoms with Crippen molar-refractivity contribution < 1.29 is 21.4 Å². The molecule has 0 unspecified atom stereocenters. The molecule has 0 amide bonds. The number of hydrogen-bond donors (Lipinski definition) is 0. The van der Waals surface area contributed by atoms with E-state index in [0.717, 1.165) is 12.1 Å². The monoisotopic (exact) mass is 318 g/mol. The first-order valence-electron chi connectivity index (χ1n) is 5.45. The van der Waals surface area contributed by atoms with Crippen molar-refractivity contribution in [1.82, 2.24) is 0 Å². The summed E-state index contributed by atoms with van der Waals surface area (Å²) < 4.78 is 55.0. The van der Waals surface area contributed by atoms with Crippen molar-refractivity contribution >= 4 is 21.7 Å². The van der Waals surface area contributed by atoms with Crippen molar-refractivity contribution in [2.75, 3.05) is 0 Å². The second kappa shape index (κ2) is 5.38. The van der Waals surface area contributed by atoms with Gasteiger partial charge in [-0.15, -0.1) is 0 Å². The number of aryl methyl sites for hydroxylation is 1. The van der Waals surface area contributed by atoms with E-state index in [0.29, 0.717) is 11.6 Å².